The van der Waals surface area contributed by atoms with Gasteiger partial charge in [0.2, 0.25) is 0 Å². The summed E-state index contributed by atoms with van der Waals surface area (Å²) >= 11 is 0. The first kappa shape index (κ1) is 30.8. The third-order valence-electron chi connectivity index (χ3n) is 11.8. The molecule has 8 aromatic carbocycles. The Bertz CT molecular complexity index is 2750. The second-order valence-electron chi connectivity index (χ2n) is 14.7. The molecule has 0 radical (unpaired) electrons. The van der Waals surface area contributed by atoms with Gasteiger partial charge in [-0.15, -0.1) is 0 Å². The fraction of sp³-hybridized carbons (Fsp3) is 0.0370. The molecule has 0 heterocycles. The summed E-state index contributed by atoms with van der Waals surface area (Å²) in [6.07, 6.45) is 9.39. The third-order valence-corrected chi connectivity index (χ3v) is 11.8. The smallest absolute Gasteiger partial charge is 0.0137 e. The van der Waals surface area contributed by atoms with Crippen LogP contribution in [0.25, 0.3) is 77.2 Å². The molecule has 0 nitrogen and oxygen atoms in total. The highest BCUT2D eigenvalue weighted by Crippen LogP contribution is 2.61. The van der Waals surface area contributed by atoms with Crippen LogP contribution in [0.15, 0.2) is 206 Å². The van der Waals surface area contributed by atoms with Crippen molar-refractivity contribution in [3.8, 4) is 33.4 Å². The number of hydrogen-bond acceptors (Lipinski definition) is 0. The normalized spacial score (nSPS) is 17.0. The molecule has 3 aliphatic rings. The van der Waals surface area contributed by atoms with Crippen LogP contribution in [0.4, 0.5) is 0 Å². The van der Waals surface area contributed by atoms with E-state index >= 15 is 0 Å². The molecule has 0 amide bonds. The van der Waals surface area contributed by atoms with E-state index in [1.54, 1.807) is 0 Å². The number of fused-ring (bicyclic) bond motifs is 5. The Balaban J connectivity index is 1.18. The lowest BCUT2D eigenvalue weighted by molar-refractivity contribution is 0.700. The van der Waals surface area contributed by atoms with Crippen LogP contribution in [0.1, 0.15) is 22.3 Å². The minimum Gasteiger partial charge on any atom is -0.0760 e. The minimum absolute atomic E-state index is 0.199. The monoisotopic (exact) mass is 684 g/mol. The Morgan fingerprint density at radius 2 is 0.759 bits per heavy atom. The highest BCUT2D eigenvalue weighted by Gasteiger charge is 2.41. The molecule has 0 bridgehead atoms. The molecule has 0 spiro atoms. The van der Waals surface area contributed by atoms with Gasteiger partial charge in [0.1, 0.15) is 0 Å². The van der Waals surface area contributed by atoms with Crippen molar-refractivity contribution in [2.45, 2.75) is 0 Å². The SMILES string of the molecule is C1=CC2C(c3ccc(-c4ccccc4)cc3)=C3C(=C(c4ccc(-c5ccccc5)cc4)C2C=C1)c1ccc(-c2ccc4ccccc4c2)c2cccc3c12. The van der Waals surface area contributed by atoms with E-state index in [4.69, 9.17) is 0 Å². The maximum absolute atomic E-state index is 2.44. The summed E-state index contributed by atoms with van der Waals surface area (Å²) in [6.45, 7) is 0. The van der Waals surface area contributed by atoms with Gasteiger partial charge in [-0.2, -0.15) is 0 Å². The average Bonchev–Trinajstić information content (AvgIpc) is 3.58. The summed E-state index contributed by atoms with van der Waals surface area (Å²) in [5.41, 5.74) is 18.3. The van der Waals surface area contributed by atoms with Gasteiger partial charge in [-0.25, -0.2) is 0 Å². The number of hydrogen-bond donors (Lipinski definition) is 0. The highest BCUT2D eigenvalue weighted by molar-refractivity contribution is 6.34. The zero-order chi connectivity index (χ0) is 35.6. The van der Waals surface area contributed by atoms with Crippen molar-refractivity contribution in [2.24, 2.45) is 11.8 Å². The first-order valence-electron chi connectivity index (χ1n) is 19.0. The fourth-order valence-corrected chi connectivity index (χ4v) is 9.37. The molecule has 0 heteroatoms. The van der Waals surface area contributed by atoms with E-state index in [0.29, 0.717) is 0 Å². The van der Waals surface area contributed by atoms with Gasteiger partial charge in [0.15, 0.2) is 0 Å². The summed E-state index contributed by atoms with van der Waals surface area (Å²) in [7, 11) is 0. The molecule has 0 N–H and O–H groups in total. The zero-order valence-corrected chi connectivity index (χ0v) is 29.8. The van der Waals surface area contributed by atoms with Gasteiger partial charge in [0.25, 0.3) is 0 Å². The molecule has 252 valence electrons. The van der Waals surface area contributed by atoms with Gasteiger partial charge in [0, 0.05) is 11.8 Å². The minimum atomic E-state index is 0.199. The average molecular weight is 685 g/mol. The van der Waals surface area contributed by atoms with Crippen molar-refractivity contribution in [1.29, 1.82) is 0 Å². The summed E-state index contributed by atoms with van der Waals surface area (Å²) < 4.78 is 0. The molecular formula is C54H36. The van der Waals surface area contributed by atoms with Crippen molar-refractivity contribution in [2.75, 3.05) is 0 Å². The van der Waals surface area contributed by atoms with Crippen LogP contribution >= 0.6 is 0 Å². The quantitative estimate of drug-likeness (QED) is 0.169. The topological polar surface area (TPSA) is 0 Å². The lowest BCUT2D eigenvalue weighted by atomic mass is 9.66. The maximum Gasteiger partial charge on any atom is 0.0137 e. The molecule has 54 heavy (non-hydrogen) atoms. The van der Waals surface area contributed by atoms with Gasteiger partial charge in [-0.1, -0.05) is 200 Å². The van der Waals surface area contributed by atoms with E-state index in [-0.39, 0.29) is 11.8 Å². The van der Waals surface area contributed by atoms with Gasteiger partial charge in [-0.3, -0.25) is 0 Å². The van der Waals surface area contributed by atoms with Crippen LogP contribution in [-0.4, -0.2) is 0 Å². The second-order valence-corrected chi connectivity index (χ2v) is 14.7. The Morgan fingerprint density at radius 1 is 0.296 bits per heavy atom. The molecular weight excluding hydrogens is 649 g/mol. The molecule has 11 rings (SSSR count). The molecule has 2 atom stereocenters. The molecule has 2 unspecified atom stereocenters. The Hall–Kier alpha value is -6.76. The molecule has 8 aromatic rings. The van der Waals surface area contributed by atoms with Crippen LogP contribution in [0, 0.1) is 11.8 Å². The lowest BCUT2D eigenvalue weighted by Crippen LogP contribution is -2.22. The standard InChI is InChI=1S/C54H36/c1-3-12-35(13-4-1)38-22-27-40(28-23-38)50-46-18-9-10-19-47(46)51(41-29-24-39(25-30-41)36-14-5-2-6-15-36)54-49-33-32-44(45-20-11-21-48(52(45)49)53(50)54)43-31-26-37-16-7-8-17-42(37)34-43/h1-34,46-47H. The largest absolute Gasteiger partial charge is 0.0760 e. The first-order chi connectivity index (χ1) is 26.8. The predicted molar refractivity (Wildman–Crippen MR) is 230 cm³/mol. The summed E-state index contributed by atoms with van der Waals surface area (Å²) in [5, 5.41) is 5.20. The van der Waals surface area contributed by atoms with Gasteiger partial charge in [0.05, 0.1) is 0 Å². The second kappa shape index (κ2) is 12.4. The Kier molecular flexibility index (Phi) is 7.10. The fourth-order valence-electron chi connectivity index (χ4n) is 9.37. The first-order valence-corrected chi connectivity index (χ1v) is 19.0. The molecule has 0 aliphatic heterocycles. The molecule has 0 saturated carbocycles. The number of benzene rings is 8. The lowest BCUT2D eigenvalue weighted by Gasteiger charge is -2.37. The van der Waals surface area contributed by atoms with Gasteiger partial charge in [-0.05, 0) is 106 Å². The zero-order valence-electron chi connectivity index (χ0n) is 29.8. The molecule has 0 fully saturated rings. The van der Waals surface area contributed by atoms with Crippen molar-refractivity contribution < 1.29 is 0 Å². The molecule has 0 aromatic heterocycles. The maximum atomic E-state index is 2.44. The summed E-state index contributed by atoms with van der Waals surface area (Å²) in [5.74, 6) is 0.398. The van der Waals surface area contributed by atoms with E-state index in [1.165, 1.54) is 99.5 Å². The predicted octanol–water partition coefficient (Wildman–Crippen LogP) is 14.2. The molecule has 0 saturated heterocycles. The van der Waals surface area contributed by atoms with E-state index in [9.17, 15) is 0 Å². The summed E-state index contributed by atoms with van der Waals surface area (Å²) in [4.78, 5) is 0. The van der Waals surface area contributed by atoms with Gasteiger partial charge < -0.3 is 0 Å². The van der Waals surface area contributed by atoms with Crippen LogP contribution in [0.2, 0.25) is 0 Å². The van der Waals surface area contributed by atoms with E-state index < -0.39 is 0 Å². The van der Waals surface area contributed by atoms with Crippen molar-refractivity contribution in [1.82, 2.24) is 0 Å². The molecule has 3 aliphatic carbocycles. The Morgan fingerprint density at radius 3 is 1.35 bits per heavy atom. The van der Waals surface area contributed by atoms with Crippen LogP contribution in [0.5, 0.6) is 0 Å². The van der Waals surface area contributed by atoms with Crippen molar-refractivity contribution in [3.63, 3.8) is 0 Å². The summed E-state index contributed by atoms with van der Waals surface area (Å²) in [6, 6.07) is 67.4. The third kappa shape index (κ3) is 4.84. The van der Waals surface area contributed by atoms with E-state index in [2.05, 4.69) is 206 Å². The number of allylic oxidation sites excluding steroid dienone is 8. The van der Waals surface area contributed by atoms with Crippen molar-refractivity contribution in [3.05, 3.63) is 229 Å². The van der Waals surface area contributed by atoms with Crippen LogP contribution in [0.3, 0.4) is 0 Å². The van der Waals surface area contributed by atoms with Crippen molar-refractivity contribution >= 4 is 43.8 Å². The number of rotatable bonds is 5. The van der Waals surface area contributed by atoms with E-state index in [0.717, 1.165) is 0 Å². The Labute approximate surface area is 316 Å². The highest BCUT2D eigenvalue weighted by atomic mass is 14.4. The van der Waals surface area contributed by atoms with Gasteiger partial charge >= 0.3 is 0 Å². The van der Waals surface area contributed by atoms with Crippen LogP contribution < -0.4 is 0 Å². The van der Waals surface area contributed by atoms with E-state index in [1.807, 2.05) is 0 Å². The van der Waals surface area contributed by atoms with Crippen LogP contribution in [-0.2, 0) is 0 Å².